The number of hydrogen-bond acceptors (Lipinski definition) is 3. The lowest BCUT2D eigenvalue weighted by molar-refractivity contribution is -0.153. The van der Waals surface area contributed by atoms with E-state index < -0.39 is 5.60 Å². The highest BCUT2D eigenvalue weighted by molar-refractivity contribution is 5.86. The number of H-pyrrole nitrogens is 1. The zero-order valence-corrected chi connectivity index (χ0v) is 15.8. The van der Waals surface area contributed by atoms with E-state index in [-0.39, 0.29) is 18.3 Å². The molecule has 1 aliphatic heterocycles. The Labute approximate surface area is 159 Å². The first-order chi connectivity index (χ1) is 13.2. The molecule has 140 valence electrons. The molecule has 4 nitrogen and oxygen atoms in total. The molecule has 0 saturated heterocycles. The summed E-state index contributed by atoms with van der Waals surface area (Å²) >= 11 is 0. The minimum Gasteiger partial charge on any atom is -0.469 e. The fourth-order valence-electron chi connectivity index (χ4n) is 4.27. The van der Waals surface area contributed by atoms with E-state index in [1.54, 1.807) is 0 Å². The van der Waals surface area contributed by atoms with E-state index >= 15 is 0 Å². The third-order valence-electron chi connectivity index (χ3n) is 5.72. The molecule has 2 atom stereocenters. The van der Waals surface area contributed by atoms with E-state index in [4.69, 9.17) is 9.47 Å². The maximum atomic E-state index is 12.1. The molecule has 1 N–H and O–H groups in total. The van der Waals surface area contributed by atoms with E-state index in [1.165, 1.54) is 23.6 Å². The first-order valence-electron chi connectivity index (χ1n) is 9.52. The summed E-state index contributed by atoms with van der Waals surface area (Å²) in [6.07, 6.45) is 1.84. The van der Waals surface area contributed by atoms with Gasteiger partial charge in [-0.15, -0.1) is 0 Å². The third-order valence-corrected chi connectivity index (χ3v) is 5.72. The van der Waals surface area contributed by atoms with Crippen molar-refractivity contribution in [3.63, 3.8) is 0 Å². The van der Waals surface area contributed by atoms with E-state index in [0.29, 0.717) is 13.0 Å². The number of nitrogens with one attached hydrogen (secondary N) is 1. The predicted molar refractivity (Wildman–Crippen MR) is 106 cm³/mol. The number of ether oxygens (including phenoxy) is 2. The Kier molecular flexibility index (Phi) is 4.75. The van der Waals surface area contributed by atoms with Gasteiger partial charge in [0.15, 0.2) is 0 Å². The molecule has 0 amide bonds. The summed E-state index contributed by atoms with van der Waals surface area (Å²) in [5, 5.41) is 1.22. The van der Waals surface area contributed by atoms with Gasteiger partial charge < -0.3 is 14.5 Å². The first-order valence-corrected chi connectivity index (χ1v) is 9.52. The molecular weight excluding hydrogens is 338 g/mol. The van der Waals surface area contributed by atoms with Crippen molar-refractivity contribution in [3.05, 3.63) is 71.4 Å². The van der Waals surface area contributed by atoms with Crippen molar-refractivity contribution in [2.75, 3.05) is 13.7 Å². The van der Waals surface area contributed by atoms with Crippen LogP contribution in [-0.2, 0) is 26.3 Å². The lowest BCUT2D eigenvalue weighted by Gasteiger charge is -2.39. The summed E-state index contributed by atoms with van der Waals surface area (Å²) in [6.45, 7) is 2.66. The van der Waals surface area contributed by atoms with Crippen LogP contribution < -0.4 is 0 Å². The Balaban J connectivity index is 1.83. The van der Waals surface area contributed by atoms with Gasteiger partial charge in [-0.25, -0.2) is 0 Å². The van der Waals surface area contributed by atoms with Crippen LogP contribution in [0.25, 0.3) is 10.9 Å². The maximum absolute atomic E-state index is 12.1. The summed E-state index contributed by atoms with van der Waals surface area (Å²) in [5.74, 6) is -0.00108. The normalized spacial score (nSPS) is 21.8. The molecule has 0 radical (unpaired) electrons. The number of carbonyl (C=O) groups excluding carboxylic acids is 1. The van der Waals surface area contributed by atoms with Gasteiger partial charge in [0, 0.05) is 16.8 Å². The molecule has 4 rings (SSSR count). The van der Waals surface area contributed by atoms with Gasteiger partial charge in [-0.1, -0.05) is 55.5 Å². The molecule has 0 fully saturated rings. The molecule has 0 spiro atoms. The number of methoxy groups -OCH3 is 1. The lowest BCUT2D eigenvalue weighted by Crippen LogP contribution is -2.39. The van der Waals surface area contributed by atoms with Crippen molar-refractivity contribution >= 4 is 16.9 Å². The summed E-state index contributed by atoms with van der Waals surface area (Å²) in [6, 6.07) is 18.8. The second-order valence-electron chi connectivity index (χ2n) is 7.26. The van der Waals surface area contributed by atoms with Crippen LogP contribution in [0.2, 0.25) is 0 Å². The van der Waals surface area contributed by atoms with Crippen molar-refractivity contribution in [2.45, 2.75) is 37.7 Å². The quantitative estimate of drug-likeness (QED) is 0.669. The Morgan fingerprint density at radius 3 is 2.67 bits per heavy atom. The SMILES string of the molecule is CCC1(CC(=O)OC)OCC(Cc2ccccc2)c2c1[nH]c1ccccc21. The topological polar surface area (TPSA) is 51.3 Å². The summed E-state index contributed by atoms with van der Waals surface area (Å²) < 4.78 is 11.4. The molecule has 2 aromatic carbocycles. The van der Waals surface area contributed by atoms with E-state index in [2.05, 4.69) is 54.4 Å². The van der Waals surface area contributed by atoms with Gasteiger partial charge in [0.2, 0.25) is 0 Å². The fraction of sp³-hybridized carbons (Fsp3) is 0.348. The zero-order valence-electron chi connectivity index (χ0n) is 15.8. The highest BCUT2D eigenvalue weighted by Crippen LogP contribution is 2.46. The molecule has 3 aromatic rings. The fourth-order valence-corrected chi connectivity index (χ4v) is 4.27. The molecule has 0 saturated carbocycles. The number of rotatable bonds is 5. The van der Waals surface area contributed by atoms with Crippen molar-refractivity contribution < 1.29 is 14.3 Å². The van der Waals surface area contributed by atoms with Crippen LogP contribution in [0.3, 0.4) is 0 Å². The van der Waals surface area contributed by atoms with Gasteiger partial charge in [-0.3, -0.25) is 4.79 Å². The lowest BCUT2D eigenvalue weighted by atomic mass is 9.80. The smallest absolute Gasteiger partial charge is 0.308 e. The van der Waals surface area contributed by atoms with Crippen LogP contribution in [0.4, 0.5) is 0 Å². The van der Waals surface area contributed by atoms with Crippen molar-refractivity contribution in [3.8, 4) is 0 Å². The summed E-state index contributed by atoms with van der Waals surface area (Å²) in [4.78, 5) is 15.7. The third kappa shape index (κ3) is 3.15. The maximum Gasteiger partial charge on any atom is 0.308 e. The number of aromatic amines is 1. The van der Waals surface area contributed by atoms with Gasteiger partial charge in [-0.2, -0.15) is 0 Å². The number of carbonyl (C=O) groups is 1. The molecule has 1 aromatic heterocycles. The second-order valence-corrected chi connectivity index (χ2v) is 7.26. The van der Waals surface area contributed by atoms with E-state index in [1.807, 2.05) is 12.1 Å². The Morgan fingerprint density at radius 1 is 1.19 bits per heavy atom. The van der Waals surface area contributed by atoms with Crippen LogP contribution in [-0.4, -0.2) is 24.7 Å². The van der Waals surface area contributed by atoms with Crippen LogP contribution in [0.1, 0.15) is 42.5 Å². The van der Waals surface area contributed by atoms with Crippen LogP contribution >= 0.6 is 0 Å². The van der Waals surface area contributed by atoms with Crippen LogP contribution in [0.5, 0.6) is 0 Å². The molecule has 0 aliphatic carbocycles. The average molecular weight is 363 g/mol. The number of para-hydroxylation sites is 1. The highest BCUT2D eigenvalue weighted by atomic mass is 16.5. The van der Waals surface area contributed by atoms with E-state index in [9.17, 15) is 4.79 Å². The first kappa shape index (κ1) is 17.8. The Hall–Kier alpha value is -2.59. The zero-order chi connectivity index (χ0) is 18.9. The van der Waals surface area contributed by atoms with Crippen LogP contribution in [0, 0.1) is 0 Å². The van der Waals surface area contributed by atoms with E-state index in [0.717, 1.165) is 17.6 Å². The molecule has 1 aliphatic rings. The van der Waals surface area contributed by atoms with Gasteiger partial charge in [0.1, 0.15) is 5.60 Å². The molecular formula is C23H25NO3. The van der Waals surface area contributed by atoms with Gasteiger partial charge in [0.25, 0.3) is 0 Å². The standard InChI is InChI=1S/C23H25NO3/c1-3-23(14-20(25)26-2)22-21(18-11-7-8-12-19(18)24-22)17(15-27-23)13-16-9-5-4-6-10-16/h4-12,17,24H,3,13-15H2,1-2H3. The summed E-state index contributed by atoms with van der Waals surface area (Å²) in [5.41, 5.74) is 4.04. The number of aromatic nitrogens is 1. The minimum atomic E-state index is -0.658. The number of esters is 1. The minimum absolute atomic E-state index is 0.220. The highest BCUT2D eigenvalue weighted by Gasteiger charge is 2.44. The van der Waals surface area contributed by atoms with Crippen molar-refractivity contribution in [1.82, 2.24) is 4.98 Å². The largest absolute Gasteiger partial charge is 0.469 e. The van der Waals surface area contributed by atoms with Gasteiger partial charge in [0.05, 0.1) is 25.8 Å². The van der Waals surface area contributed by atoms with Gasteiger partial charge >= 0.3 is 5.97 Å². The average Bonchev–Trinajstić information content (AvgIpc) is 3.11. The summed E-state index contributed by atoms with van der Waals surface area (Å²) in [7, 11) is 1.43. The molecule has 4 heteroatoms. The Morgan fingerprint density at radius 2 is 1.93 bits per heavy atom. The second kappa shape index (κ2) is 7.20. The van der Waals surface area contributed by atoms with Crippen LogP contribution in [0.15, 0.2) is 54.6 Å². The monoisotopic (exact) mass is 363 g/mol. The number of fused-ring (bicyclic) bond motifs is 3. The van der Waals surface area contributed by atoms with Gasteiger partial charge in [-0.05, 0) is 30.0 Å². The van der Waals surface area contributed by atoms with Crippen molar-refractivity contribution in [2.24, 2.45) is 0 Å². The predicted octanol–water partition coefficient (Wildman–Crippen LogP) is 4.69. The van der Waals surface area contributed by atoms with Crippen molar-refractivity contribution in [1.29, 1.82) is 0 Å². The molecule has 27 heavy (non-hydrogen) atoms. The number of hydrogen-bond donors (Lipinski definition) is 1. The Bertz CT molecular complexity index is 947. The molecule has 2 unspecified atom stereocenters. The molecule has 0 bridgehead atoms. The molecule has 2 heterocycles. The number of benzene rings is 2.